The Kier molecular flexibility index (Phi) is 8.28. The first kappa shape index (κ1) is 33.6. The Balaban J connectivity index is 1.08. The van der Waals surface area contributed by atoms with Crippen LogP contribution < -0.4 is 10.2 Å². The lowest BCUT2D eigenvalue weighted by Gasteiger charge is -2.60. The van der Waals surface area contributed by atoms with Crippen LogP contribution in [0.1, 0.15) is 91.5 Å². The van der Waals surface area contributed by atoms with Gasteiger partial charge in [0.25, 0.3) is 5.91 Å². The number of amides is 1. The van der Waals surface area contributed by atoms with E-state index in [1.165, 1.54) is 30.6 Å². The maximum absolute atomic E-state index is 13.8. The smallest absolute Gasteiger partial charge is 0.358 e. The van der Waals surface area contributed by atoms with Gasteiger partial charge in [-0.2, -0.15) is 5.10 Å². The third kappa shape index (κ3) is 6.21. The van der Waals surface area contributed by atoms with Crippen LogP contribution in [0.5, 0.6) is 0 Å². The second kappa shape index (κ2) is 12.6. The van der Waals surface area contributed by atoms with Crippen LogP contribution in [0, 0.1) is 30.1 Å². The number of rotatable bonds is 7. The topological polar surface area (TPSA) is 102 Å². The Morgan fingerprint density at radius 2 is 1.84 bits per heavy atom. The lowest BCUT2D eigenvalue weighted by molar-refractivity contribution is -0.109. The SMILES string of the molecule is Cc1c(-c2ccc(N3CCc4cccc(C(=O)Nc5nc6ccccc6s5)c4C3)nc2C(=O)OC(C)(C)C)cnn1C[C@@H]1CC[C@H]2C[C@H]1C2(C)C. The van der Waals surface area contributed by atoms with Gasteiger partial charge in [-0.1, -0.05) is 49.4 Å². The van der Waals surface area contributed by atoms with Crippen molar-refractivity contribution in [2.45, 2.75) is 85.9 Å². The number of benzene rings is 2. The molecule has 0 saturated heterocycles. The first-order valence-electron chi connectivity index (χ1n) is 18.2. The lowest BCUT2D eigenvalue weighted by Crippen LogP contribution is -2.53. The highest BCUT2D eigenvalue weighted by Gasteiger charge is 2.54. The molecule has 2 bridgehead atoms. The first-order valence-corrected chi connectivity index (χ1v) is 19.0. The van der Waals surface area contributed by atoms with Gasteiger partial charge in [-0.05, 0) is 118 Å². The van der Waals surface area contributed by atoms with Gasteiger partial charge in [0.1, 0.15) is 11.4 Å². The average Bonchev–Trinajstić information content (AvgIpc) is 3.68. The van der Waals surface area contributed by atoms with E-state index in [9.17, 15) is 9.59 Å². The zero-order valence-corrected chi connectivity index (χ0v) is 31.1. The predicted octanol–water partition coefficient (Wildman–Crippen LogP) is 8.71. The number of fused-ring (bicyclic) bond motifs is 4. The van der Waals surface area contributed by atoms with Crippen LogP contribution in [0.25, 0.3) is 21.3 Å². The summed E-state index contributed by atoms with van der Waals surface area (Å²) in [7, 11) is 0. The number of hydrogen-bond acceptors (Lipinski definition) is 8. The Hall–Kier alpha value is -4.57. The van der Waals surface area contributed by atoms with Gasteiger partial charge in [0.2, 0.25) is 0 Å². The standard InChI is InChI=1S/C41H46N6O3S/c1-24-30(21-42-47(24)22-26-14-15-27-20-32(26)41(27,5)6)28-16-17-35(44-36(28)38(49)50-40(2,3)4)46-19-18-25-10-9-11-29(31(25)23-46)37(48)45-39-43-33-12-7-8-13-34(33)51-39/h7-13,16-17,21,26-27,32H,14-15,18-20,22-23H2,1-6H3,(H,43,45,48)/t26-,27-,32+/m0/s1. The van der Waals surface area contributed by atoms with Crippen molar-refractivity contribution in [2.75, 3.05) is 16.8 Å². The number of carbonyl (C=O) groups is 2. The summed E-state index contributed by atoms with van der Waals surface area (Å²) in [6, 6.07) is 17.7. The molecule has 1 aliphatic heterocycles. The molecule has 3 saturated carbocycles. The fourth-order valence-electron chi connectivity index (χ4n) is 8.70. The summed E-state index contributed by atoms with van der Waals surface area (Å²) in [6.45, 7) is 14.6. The largest absolute Gasteiger partial charge is 0.455 e. The second-order valence-corrected chi connectivity index (χ2v) is 17.2. The molecule has 10 heteroatoms. The minimum atomic E-state index is -0.685. The van der Waals surface area contributed by atoms with Crippen LogP contribution in [0.3, 0.4) is 0 Å². The summed E-state index contributed by atoms with van der Waals surface area (Å²) >= 11 is 1.46. The summed E-state index contributed by atoms with van der Waals surface area (Å²) < 4.78 is 9.07. The molecule has 1 N–H and O–H groups in total. The van der Waals surface area contributed by atoms with Gasteiger partial charge >= 0.3 is 5.97 Å². The highest BCUT2D eigenvalue weighted by atomic mass is 32.1. The molecule has 264 valence electrons. The van der Waals surface area contributed by atoms with Crippen LogP contribution in [0.2, 0.25) is 0 Å². The Morgan fingerprint density at radius 1 is 1.02 bits per heavy atom. The van der Waals surface area contributed by atoms with Gasteiger partial charge in [0, 0.05) is 42.0 Å². The summed E-state index contributed by atoms with van der Waals surface area (Å²) in [5.41, 5.74) is 6.21. The van der Waals surface area contributed by atoms with Crippen molar-refractivity contribution in [3.05, 3.63) is 88.9 Å². The summed E-state index contributed by atoms with van der Waals surface area (Å²) in [6.07, 6.45) is 6.50. The summed E-state index contributed by atoms with van der Waals surface area (Å²) in [4.78, 5) is 39.2. The predicted molar refractivity (Wildman–Crippen MR) is 202 cm³/mol. The monoisotopic (exact) mass is 702 g/mol. The van der Waals surface area contributed by atoms with E-state index in [0.717, 1.165) is 63.0 Å². The molecule has 0 radical (unpaired) electrons. The molecule has 3 aromatic heterocycles. The molecule has 2 aromatic carbocycles. The zero-order valence-electron chi connectivity index (χ0n) is 30.3. The van der Waals surface area contributed by atoms with E-state index in [1.54, 1.807) is 0 Å². The van der Waals surface area contributed by atoms with E-state index in [-0.39, 0.29) is 11.6 Å². The summed E-state index contributed by atoms with van der Waals surface area (Å²) in [5.74, 6) is 2.21. The number of carbonyl (C=O) groups excluding carboxylic acids is 2. The molecule has 51 heavy (non-hydrogen) atoms. The van der Waals surface area contributed by atoms with Crippen molar-refractivity contribution in [1.82, 2.24) is 19.7 Å². The minimum absolute atomic E-state index is 0.188. The maximum atomic E-state index is 13.8. The van der Waals surface area contributed by atoms with Crippen molar-refractivity contribution < 1.29 is 14.3 Å². The van der Waals surface area contributed by atoms with Crippen LogP contribution >= 0.6 is 11.3 Å². The quantitative estimate of drug-likeness (QED) is 0.169. The average molecular weight is 703 g/mol. The van der Waals surface area contributed by atoms with Crippen LogP contribution in [0.4, 0.5) is 10.9 Å². The molecule has 4 aliphatic rings. The number of para-hydroxylation sites is 1. The summed E-state index contributed by atoms with van der Waals surface area (Å²) in [5, 5.41) is 8.45. The zero-order chi connectivity index (χ0) is 35.7. The number of aromatic nitrogens is 4. The lowest BCUT2D eigenvalue weighted by atomic mass is 9.45. The van der Waals surface area contributed by atoms with E-state index in [4.69, 9.17) is 14.8 Å². The van der Waals surface area contributed by atoms with Crippen LogP contribution in [0.15, 0.2) is 60.8 Å². The normalized spacial score (nSPS) is 20.8. The number of esters is 1. The first-order chi connectivity index (χ1) is 24.4. The number of nitrogens with one attached hydrogen (secondary N) is 1. The molecule has 3 aliphatic carbocycles. The number of ether oxygens (including phenoxy) is 1. The molecule has 9 nitrogen and oxygen atoms in total. The van der Waals surface area contributed by atoms with Crippen molar-refractivity contribution >= 4 is 44.4 Å². The Bertz CT molecular complexity index is 2120. The third-order valence-corrected chi connectivity index (χ3v) is 12.6. The molecule has 3 atom stereocenters. The number of hydrogen-bond donors (Lipinski definition) is 1. The Labute approximate surface area is 303 Å². The molecule has 9 rings (SSSR count). The van der Waals surface area contributed by atoms with Gasteiger partial charge in [-0.3, -0.25) is 14.8 Å². The highest BCUT2D eigenvalue weighted by molar-refractivity contribution is 7.22. The van der Waals surface area contributed by atoms with E-state index >= 15 is 0 Å². The van der Waals surface area contributed by atoms with Gasteiger partial charge in [-0.15, -0.1) is 0 Å². The molecule has 1 amide bonds. The second-order valence-electron chi connectivity index (χ2n) is 16.1. The number of nitrogens with zero attached hydrogens (tertiary/aromatic N) is 5. The molecule has 5 aromatic rings. The van der Waals surface area contributed by atoms with Gasteiger partial charge < -0.3 is 9.64 Å². The molecule has 4 heterocycles. The van der Waals surface area contributed by atoms with Gasteiger partial charge in [0.05, 0.1) is 16.4 Å². The fraction of sp³-hybridized carbons (Fsp3) is 0.439. The molecule has 0 spiro atoms. The van der Waals surface area contributed by atoms with Gasteiger partial charge in [-0.25, -0.2) is 14.8 Å². The van der Waals surface area contributed by atoms with Crippen molar-refractivity contribution in [1.29, 1.82) is 0 Å². The fourth-order valence-corrected chi connectivity index (χ4v) is 9.56. The molecule has 3 fully saturated rings. The van der Waals surface area contributed by atoms with E-state index in [1.807, 2.05) is 75.5 Å². The highest BCUT2D eigenvalue weighted by Crippen LogP contribution is 2.61. The van der Waals surface area contributed by atoms with Crippen LogP contribution in [-0.4, -0.2) is 43.8 Å². The minimum Gasteiger partial charge on any atom is -0.455 e. The van der Waals surface area contributed by atoms with Gasteiger partial charge in [0.15, 0.2) is 10.8 Å². The van der Waals surface area contributed by atoms with Crippen molar-refractivity contribution in [2.24, 2.45) is 23.2 Å². The Morgan fingerprint density at radius 3 is 2.61 bits per heavy atom. The van der Waals surface area contributed by atoms with E-state index in [0.29, 0.717) is 40.9 Å². The van der Waals surface area contributed by atoms with Crippen molar-refractivity contribution in [3.8, 4) is 11.1 Å². The number of thiazole rings is 1. The number of anilines is 2. The number of pyridine rings is 1. The molecular formula is C41H46N6O3S. The van der Waals surface area contributed by atoms with Crippen molar-refractivity contribution in [3.63, 3.8) is 0 Å². The van der Waals surface area contributed by atoms with Crippen LogP contribution in [-0.2, 0) is 24.2 Å². The third-order valence-electron chi connectivity index (χ3n) is 11.6. The van der Waals surface area contributed by atoms with E-state index in [2.05, 4.69) is 46.7 Å². The molecule has 0 unspecified atom stereocenters. The molecular weight excluding hydrogens is 657 g/mol. The maximum Gasteiger partial charge on any atom is 0.358 e. The van der Waals surface area contributed by atoms with E-state index < -0.39 is 11.6 Å².